The van der Waals surface area contributed by atoms with Crippen molar-refractivity contribution in [1.82, 2.24) is 0 Å². The Kier molecular flexibility index (Phi) is 6.66. The van der Waals surface area contributed by atoms with E-state index in [1.165, 1.54) is 30.6 Å². The fraction of sp³-hybridized carbons (Fsp3) is 0.308. The summed E-state index contributed by atoms with van der Waals surface area (Å²) in [7, 11) is 3.10. The SMILES string of the molecule is COC(C(=O)Nc1ccc(OC)cc1)=C(SC)SC. The van der Waals surface area contributed by atoms with Crippen LogP contribution in [0.1, 0.15) is 0 Å². The number of hydrogen-bond donors (Lipinski definition) is 1. The van der Waals surface area contributed by atoms with Crippen LogP contribution in [-0.4, -0.2) is 32.6 Å². The minimum absolute atomic E-state index is 0.258. The molecule has 0 aliphatic carbocycles. The number of carbonyl (C=O) groups excluding carboxylic acids is 1. The van der Waals surface area contributed by atoms with Crippen LogP contribution in [0.4, 0.5) is 5.69 Å². The van der Waals surface area contributed by atoms with Crippen LogP contribution in [0, 0.1) is 0 Å². The lowest BCUT2D eigenvalue weighted by molar-refractivity contribution is -0.115. The van der Waals surface area contributed by atoms with Crippen LogP contribution in [0.15, 0.2) is 34.3 Å². The van der Waals surface area contributed by atoms with Crippen molar-refractivity contribution in [3.8, 4) is 5.75 Å². The number of rotatable bonds is 6. The maximum atomic E-state index is 12.1. The smallest absolute Gasteiger partial charge is 0.292 e. The number of anilines is 1. The molecule has 1 N–H and O–H groups in total. The van der Waals surface area contributed by atoms with Gasteiger partial charge in [0.2, 0.25) is 5.76 Å². The highest BCUT2D eigenvalue weighted by Crippen LogP contribution is 2.28. The first-order valence-electron chi connectivity index (χ1n) is 5.47. The van der Waals surface area contributed by atoms with E-state index in [0.29, 0.717) is 11.4 Å². The second kappa shape index (κ2) is 8.01. The topological polar surface area (TPSA) is 47.6 Å². The average Bonchev–Trinajstić information content (AvgIpc) is 2.45. The molecule has 0 heterocycles. The van der Waals surface area contributed by atoms with Gasteiger partial charge in [0.05, 0.1) is 18.5 Å². The second-order valence-corrected chi connectivity index (χ2v) is 5.30. The normalized spacial score (nSPS) is 9.68. The number of carbonyl (C=O) groups is 1. The van der Waals surface area contributed by atoms with E-state index in [9.17, 15) is 4.79 Å². The lowest BCUT2D eigenvalue weighted by Crippen LogP contribution is -2.16. The number of nitrogens with one attached hydrogen (secondary N) is 1. The van der Waals surface area contributed by atoms with Crippen LogP contribution in [-0.2, 0) is 9.53 Å². The predicted octanol–water partition coefficient (Wildman–Crippen LogP) is 3.18. The Morgan fingerprint density at radius 1 is 1.11 bits per heavy atom. The zero-order chi connectivity index (χ0) is 14.3. The van der Waals surface area contributed by atoms with Gasteiger partial charge in [0.25, 0.3) is 5.91 Å². The quantitative estimate of drug-likeness (QED) is 0.646. The highest BCUT2D eigenvalue weighted by molar-refractivity contribution is 8.21. The molecule has 104 valence electrons. The average molecular weight is 299 g/mol. The van der Waals surface area contributed by atoms with Gasteiger partial charge in [-0.3, -0.25) is 4.79 Å². The molecule has 0 saturated carbocycles. The Bertz CT molecular complexity index is 451. The lowest BCUT2D eigenvalue weighted by Gasteiger charge is -2.11. The van der Waals surface area contributed by atoms with Gasteiger partial charge in [-0.1, -0.05) is 0 Å². The third-order valence-corrected chi connectivity index (χ3v) is 4.43. The highest BCUT2D eigenvalue weighted by atomic mass is 32.2. The summed E-state index contributed by atoms with van der Waals surface area (Å²) >= 11 is 2.97. The minimum atomic E-state index is -0.258. The summed E-state index contributed by atoms with van der Waals surface area (Å²) in [6, 6.07) is 7.13. The number of methoxy groups -OCH3 is 2. The molecule has 0 fully saturated rings. The van der Waals surface area contributed by atoms with E-state index in [1.807, 2.05) is 12.5 Å². The summed E-state index contributed by atoms with van der Waals surface area (Å²) in [4.78, 5) is 12.1. The summed E-state index contributed by atoms with van der Waals surface area (Å²) in [6.07, 6.45) is 3.82. The first kappa shape index (κ1) is 15.8. The Labute approximate surface area is 121 Å². The summed E-state index contributed by atoms with van der Waals surface area (Å²) in [5.74, 6) is 0.816. The molecule has 4 nitrogen and oxygen atoms in total. The molecule has 0 radical (unpaired) electrons. The van der Waals surface area contributed by atoms with Gasteiger partial charge in [0, 0.05) is 5.69 Å². The number of amides is 1. The van der Waals surface area contributed by atoms with Crippen LogP contribution in [0.5, 0.6) is 5.75 Å². The molecule has 1 rings (SSSR count). The Hall–Kier alpha value is -1.27. The monoisotopic (exact) mass is 299 g/mol. The van der Waals surface area contributed by atoms with Gasteiger partial charge >= 0.3 is 0 Å². The summed E-state index contributed by atoms with van der Waals surface area (Å²) in [6.45, 7) is 0. The van der Waals surface area contributed by atoms with E-state index in [4.69, 9.17) is 9.47 Å². The fourth-order valence-corrected chi connectivity index (χ4v) is 2.79. The van der Waals surface area contributed by atoms with Gasteiger partial charge in [-0.2, -0.15) is 0 Å². The number of thioether (sulfide) groups is 2. The zero-order valence-electron chi connectivity index (χ0n) is 11.4. The van der Waals surface area contributed by atoms with E-state index in [2.05, 4.69) is 5.32 Å². The molecular weight excluding hydrogens is 282 g/mol. The molecule has 1 aromatic rings. The van der Waals surface area contributed by atoms with E-state index >= 15 is 0 Å². The van der Waals surface area contributed by atoms with Crippen molar-refractivity contribution in [3.63, 3.8) is 0 Å². The highest BCUT2D eigenvalue weighted by Gasteiger charge is 2.15. The Morgan fingerprint density at radius 2 is 1.68 bits per heavy atom. The lowest BCUT2D eigenvalue weighted by atomic mass is 10.3. The maximum Gasteiger partial charge on any atom is 0.292 e. The molecule has 0 aliphatic rings. The standard InChI is InChI=1S/C13H17NO3S2/c1-16-10-7-5-9(6-8-10)14-12(15)11(17-2)13(18-3)19-4/h5-8H,1-4H3,(H,14,15). The van der Waals surface area contributed by atoms with Crippen molar-refractivity contribution < 1.29 is 14.3 Å². The Morgan fingerprint density at radius 3 is 2.11 bits per heavy atom. The van der Waals surface area contributed by atoms with Crippen molar-refractivity contribution >= 4 is 35.1 Å². The van der Waals surface area contributed by atoms with Gasteiger partial charge < -0.3 is 14.8 Å². The van der Waals surface area contributed by atoms with Gasteiger partial charge in [-0.15, -0.1) is 23.5 Å². The predicted molar refractivity (Wildman–Crippen MR) is 82.7 cm³/mol. The molecule has 0 unspecified atom stereocenters. The van der Waals surface area contributed by atoms with E-state index in [-0.39, 0.29) is 5.91 Å². The van der Waals surface area contributed by atoms with Crippen molar-refractivity contribution in [2.75, 3.05) is 32.0 Å². The van der Waals surface area contributed by atoms with Crippen LogP contribution in [0.25, 0.3) is 0 Å². The van der Waals surface area contributed by atoms with Crippen molar-refractivity contribution in [2.45, 2.75) is 0 Å². The number of hydrogen-bond acceptors (Lipinski definition) is 5. The van der Waals surface area contributed by atoms with Gasteiger partial charge in [-0.05, 0) is 36.8 Å². The van der Waals surface area contributed by atoms with E-state index in [1.54, 1.807) is 31.4 Å². The molecular formula is C13H17NO3S2. The van der Waals surface area contributed by atoms with Gasteiger partial charge in [0.15, 0.2) is 0 Å². The molecule has 0 spiro atoms. The second-order valence-electron chi connectivity index (χ2n) is 3.41. The third kappa shape index (κ3) is 4.40. The molecule has 0 aromatic heterocycles. The number of ether oxygens (including phenoxy) is 2. The summed E-state index contributed by atoms with van der Waals surface area (Å²) in [5.41, 5.74) is 0.696. The van der Waals surface area contributed by atoms with Crippen LogP contribution in [0.3, 0.4) is 0 Å². The first-order chi connectivity index (χ1) is 9.15. The molecule has 1 aromatic carbocycles. The van der Waals surface area contributed by atoms with Gasteiger partial charge in [-0.25, -0.2) is 0 Å². The van der Waals surface area contributed by atoms with Crippen molar-refractivity contribution in [1.29, 1.82) is 0 Å². The molecule has 6 heteroatoms. The Balaban J connectivity index is 2.85. The summed E-state index contributed by atoms with van der Waals surface area (Å²) < 4.78 is 11.1. The van der Waals surface area contributed by atoms with E-state index in [0.717, 1.165) is 9.99 Å². The molecule has 0 bridgehead atoms. The fourth-order valence-electron chi connectivity index (χ4n) is 1.40. The first-order valence-corrected chi connectivity index (χ1v) is 7.92. The largest absolute Gasteiger partial charge is 0.497 e. The van der Waals surface area contributed by atoms with Gasteiger partial charge in [0.1, 0.15) is 5.75 Å². The third-order valence-electron chi connectivity index (χ3n) is 2.31. The van der Waals surface area contributed by atoms with Crippen LogP contribution < -0.4 is 10.1 Å². The van der Waals surface area contributed by atoms with Crippen LogP contribution >= 0.6 is 23.5 Å². The maximum absolute atomic E-state index is 12.1. The minimum Gasteiger partial charge on any atom is -0.497 e. The molecule has 0 saturated heterocycles. The van der Waals surface area contributed by atoms with Crippen LogP contribution in [0.2, 0.25) is 0 Å². The van der Waals surface area contributed by atoms with Crippen molar-refractivity contribution in [3.05, 3.63) is 34.3 Å². The molecule has 1 amide bonds. The van der Waals surface area contributed by atoms with Crippen molar-refractivity contribution in [2.24, 2.45) is 0 Å². The number of benzene rings is 1. The van der Waals surface area contributed by atoms with E-state index < -0.39 is 0 Å². The molecule has 0 atom stereocenters. The molecule has 0 aliphatic heterocycles. The summed E-state index contributed by atoms with van der Waals surface area (Å²) in [5, 5.41) is 2.79. The zero-order valence-corrected chi connectivity index (χ0v) is 13.0. The molecule has 19 heavy (non-hydrogen) atoms.